The number of aromatic nitrogens is 4. The van der Waals surface area contributed by atoms with Crippen LogP contribution in [0.5, 0.6) is 0 Å². The molecule has 1 aromatic carbocycles. The molecular weight excluding hydrogens is 386 g/mol. The lowest BCUT2D eigenvalue weighted by atomic mass is 10.0. The minimum Gasteiger partial charge on any atom is -0.463 e. The summed E-state index contributed by atoms with van der Waals surface area (Å²) >= 11 is 0. The average Bonchev–Trinajstić information content (AvgIpc) is 2.73. The van der Waals surface area contributed by atoms with Crippen molar-refractivity contribution in [1.82, 2.24) is 19.9 Å². The van der Waals surface area contributed by atoms with Crippen molar-refractivity contribution in [3.05, 3.63) is 41.2 Å². The normalized spacial score (nSPS) is 10.8. The Morgan fingerprint density at radius 2 is 1.93 bits per heavy atom. The van der Waals surface area contributed by atoms with Gasteiger partial charge in [-0.3, -0.25) is 4.79 Å². The van der Waals surface area contributed by atoms with Crippen molar-refractivity contribution in [3.8, 4) is 0 Å². The van der Waals surface area contributed by atoms with Gasteiger partial charge in [0.25, 0.3) is 5.78 Å². The van der Waals surface area contributed by atoms with Crippen molar-refractivity contribution in [2.75, 3.05) is 30.5 Å². The number of hydrogen-bond acceptors (Lipinski definition) is 10. The average molecular weight is 409 g/mol. The molecule has 0 atom stereocenters. The van der Waals surface area contributed by atoms with Crippen molar-refractivity contribution >= 4 is 40.4 Å². The van der Waals surface area contributed by atoms with E-state index >= 15 is 0 Å². The van der Waals surface area contributed by atoms with E-state index in [1.807, 2.05) is 24.9 Å². The van der Waals surface area contributed by atoms with Crippen LogP contribution in [0, 0.1) is 0 Å². The largest absolute Gasteiger partial charge is 0.463 e. The van der Waals surface area contributed by atoms with Gasteiger partial charge in [-0.05, 0) is 30.2 Å². The van der Waals surface area contributed by atoms with Crippen LogP contribution in [0.3, 0.4) is 0 Å². The lowest BCUT2D eigenvalue weighted by molar-refractivity contribution is -0.135. The minimum absolute atomic E-state index is 0.0463. The Morgan fingerprint density at radius 3 is 2.63 bits per heavy atom. The lowest BCUT2D eigenvalue weighted by Crippen LogP contribution is -2.20. The molecule has 0 aliphatic carbocycles. The fourth-order valence-corrected chi connectivity index (χ4v) is 3.17. The first kappa shape index (κ1) is 20.9. The van der Waals surface area contributed by atoms with Gasteiger partial charge >= 0.3 is 5.97 Å². The Hall–Kier alpha value is -3.82. The first-order valence-corrected chi connectivity index (χ1v) is 9.35. The maximum Gasteiger partial charge on any atom is 0.379 e. The van der Waals surface area contributed by atoms with E-state index in [1.54, 1.807) is 18.3 Å². The molecule has 0 aliphatic heterocycles. The number of ketones is 1. The molecule has 10 heteroatoms. The van der Waals surface area contributed by atoms with Gasteiger partial charge in [-0.1, -0.05) is 13.3 Å². The van der Waals surface area contributed by atoms with Gasteiger partial charge in [0, 0.05) is 18.3 Å². The highest BCUT2D eigenvalue weighted by atomic mass is 16.5. The highest BCUT2D eigenvalue weighted by Gasteiger charge is 2.19. The van der Waals surface area contributed by atoms with Crippen LogP contribution in [-0.4, -0.2) is 45.8 Å². The van der Waals surface area contributed by atoms with Crippen LogP contribution in [0.25, 0.3) is 11.2 Å². The van der Waals surface area contributed by atoms with Gasteiger partial charge in [-0.15, -0.1) is 0 Å². The third-order valence-corrected chi connectivity index (χ3v) is 4.54. The van der Waals surface area contributed by atoms with Crippen molar-refractivity contribution in [2.24, 2.45) is 0 Å². The second-order valence-corrected chi connectivity index (χ2v) is 6.77. The van der Waals surface area contributed by atoms with Gasteiger partial charge in [-0.25, -0.2) is 14.8 Å². The highest BCUT2D eigenvalue weighted by molar-refractivity contribution is 6.40. The smallest absolute Gasteiger partial charge is 0.379 e. The Kier molecular flexibility index (Phi) is 6.05. The van der Waals surface area contributed by atoms with Crippen LogP contribution in [0.4, 0.5) is 17.5 Å². The number of ether oxygens (including phenoxy) is 1. The molecule has 2 aromatic heterocycles. The minimum atomic E-state index is -0.884. The molecule has 0 saturated heterocycles. The molecule has 156 valence electrons. The van der Waals surface area contributed by atoms with Gasteiger partial charge in [0.1, 0.15) is 0 Å². The van der Waals surface area contributed by atoms with Gasteiger partial charge in [0.15, 0.2) is 17.0 Å². The number of rotatable bonds is 7. The third-order valence-electron chi connectivity index (χ3n) is 4.54. The molecule has 0 fully saturated rings. The van der Waals surface area contributed by atoms with Crippen molar-refractivity contribution in [1.29, 1.82) is 0 Å². The van der Waals surface area contributed by atoms with Crippen molar-refractivity contribution in [2.45, 2.75) is 26.3 Å². The quantitative estimate of drug-likeness (QED) is 0.334. The summed E-state index contributed by atoms with van der Waals surface area (Å²) in [5.41, 5.74) is 15.1. The first-order chi connectivity index (χ1) is 14.3. The van der Waals surface area contributed by atoms with E-state index < -0.39 is 11.8 Å². The fraction of sp³-hybridized carbons (Fsp3) is 0.300. The summed E-state index contributed by atoms with van der Waals surface area (Å²) < 4.78 is 4.53. The van der Waals surface area contributed by atoms with E-state index in [9.17, 15) is 9.59 Å². The Bertz CT molecular complexity index is 1120. The second-order valence-electron chi connectivity index (χ2n) is 6.77. The van der Waals surface area contributed by atoms with E-state index in [2.05, 4.69) is 24.7 Å². The number of aryl methyl sites for hydroxylation is 1. The Morgan fingerprint density at radius 1 is 1.17 bits per heavy atom. The van der Waals surface area contributed by atoms with Crippen LogP contribution in [0.2, 0.25) is 0 Å². The number of esters is 1. The summed E-state index contributed by atoms with van der Waals surface area (Å²) in [5.74, 6) is -1.33. The van der Waals surface area contributed by atoms with E-state index in [1.165, 1.54) is 7.11 Å². The lowest BCUT2D eigenvalue weighted by Gasteiger charge is -2.23. The molecule has 2 heterocycles. The zero-order valence-corrected chi connectivity index (χ0v) is 17.0. The zero-order chi connectivity index (χ0) is 21.8. The molecule has 0 saturated carbocycles. The molecule has 0 radical (unpaired) electrons. The summed E-state index contributed by atoms with van der Waals surface area (Å²) in [6.45, 7) is 2.48. The van der Waals surface area contributed by atoms with Crippen molar-refractivity contribution in [3.63, 3.8) is 0 Å². The second kappa shape index (κ2) is 8.68. The van der Waals surface area contributed by atoms with E-state index in [0.29, 0.717) is 29.0 Å². The van der Waals surface area contributed by atoms with Crippen LogP contribution >= 0.6 is 0 Å². The molecule has 0 bridgehead atoms. The number of anilines is 3. The van der Waals surface area contributed by atoms with E-state index in [4.69, 9.17) is 11.5 Å². The number of benzene rings is 1. The topological polar surface area (TPSA) is 150 Å². The van der Waals surface area contributed by atoms with Gasteiger partial charge in [0.2, 0.25) is 5.95 Å². The Labute approximate surface area is 173 Å². The molecule has 0 aliphatic rings. The van der Waals surface area contributed by atoms with E-state index in [-0.39, 0.29) is 11.8 Å². The molecule has 3 rings (SSSR count). The summed E-state index contributed by atoms with van der Waals surface area (Å²) in [7, 11) is 3.09. The summed E-state index contributed by atoms with van der Waals surface area (Å²) in [6.07, 6.45) is 3.23. The van der Waals surface area contributed by atoms with Crippen LogP contribution in [0.15, 0.2) is 24.4 Å². The van der Waals surface area contributed by atoms with Gasteiger partial charge in [-0.2, -0.15) is 9.97 Å². The molecule has 4 N–H and O–H groups in total. The summed E-state index contributed by atoms with van der Waals surface area (Å²) in [5, 5.41) is 0. The maximum atomic E-state index is 12.1. The first-order valence-electron chi connectivity index (χ1n) is 9.35. The summed E-state index contributed by atoms with van der Waals surface area (Å²) in [4.78, 5) is 42.5. The maximum absolute atomic E-state index is 12.1. The molecule has 0 spiro atoms. The molecule has 30 heavy (non-hydrogen) atoms. The number of hydrogen-bond donors (Lipinski definition) is 2. The number of Topliss-reactive ketones (excluding diaryl/α,β-unsaturated/α-hetero) is 1. The molecule has 0 amide bonds. The number of carbonyl (C=O) groups excluding carboxylic acids is 2. The van der Waals surface area contributed by atoms with Crippen molar-refractivity contribution < 1.29 is 14.3 Å². The van der Waals surface area contributed by atoms with Gasteiger partial charge in [0.05, 0.1) is 25.5 Å². The number of fused-ring (bicyclic) bond motifs is 1. The predicted octanol–water partition coefficient (Wildman–Crippen LogP) is 1.53. The number of methoxy groups -OCH3 is 1. The molecular formula is C20H23N7O3. The molecule has 10 nitrogen and oxygen atoms in total. The van der Waals surface area contributed by atoms with Gasteiger partial charge < -0.3 is 21.1 Å². The molecule has 3 aromatic rings. The third kappa shape index (κ3) is 4.27. The molecule has 0 unspecified atom stereocenters. The number of nitrogens with zero attached hydrogens (tertiary/aromatic N) is 5. The SMILES string of the molecule is CCCc1cc(C(=O)C(=O)OC)ccc1N(C)Cc1cnc2nc(N)nc(N)c2n1. The Balaban J connectivity index is 1.90. The van der Waals surface area contributed by atoms with Crippen LogP contribution < -0.4 is 16.4 Å². The number of nitrogens with two attached hydrogens (primary N) is 2. The van der Waals surface area contributed by atoms with E-state index in [0.717, 1.165) is 24.1 Å². The monoisotopic (exact) mass is 409 g/mol. The highest BCUT2D eigenvalue weighted by Crippen LogP contribution is 2.25. The number of nitrogen functional groups attached to an aromatic ring is 2. The predicted molar refractivity (Wildman–Crippen MR) is 113 cm³/mol. The fourth-order valence-electron chi connectivity index (χ4n) is 3.17. The standard InChI is InChI=1S/C20H23N7O3/c1-4-5-11-8-12(16(28)19(29)30-3)6-7-14(11)27(2)10-13-9-23-18-15(24-13)17(21)25-20(22)26-18/h6-9H,4-5,10H2,1-3H3,(H4,21,22,23,25,26). The summed E-state index contributed by atoms with van der Waals surface area (Å²) in [6, 6.07) is 5.16. The van der Waals surface area contributed by atoms with Crippen LogP contribution in [0.1, 0.15) is 35.0 Å². The number of carbonyl (C=O) groups is 2. The zero-order valence-electron chi connectivity index (χ0n) is 17.0. The van der Waals surface area contributed by atoms with Crippen LogP contribution in [-0.2, 0) is 22.5 Å².